The Labute approximate surface area is 42.1 Å². The third-order valence-electron chi connectivity index (χ3n) is 0.231. The van der Waals surface area contributed by atoms with Crippen molar-refractivity contribution >= 4 is 14.4 Å². The summed E-state index contributed by atoms with van der Waals surface area (Å²) in [6.45, 7) is 0. The molecule has 7 heavy (non-hydrogen) atoms. The number of carbonyl (C=O) groups excluding carboxylic acids is 3. The molecular formula is C3MnO3+3. The summed E-state index contributed by atoms with van der Waals surface area (Å²) in [5, 5.41) is 0. The topological polar surface area (TPSA) is 51.2 Å². The molecule has 0 aromatic carbocycles. The zero-order valence-electron chi connectivity index (χ0n) is 3.10. The predicted octanol–water partition coefficient (Wildman–Crippen LogP) is -1.19. The summed E-state index contributed by atoms with van der Waals surface area (Å²) in [5.74, 6) is 0. The van der Waals surface area contributed by atoms with Gasteiger partial charge in [0.1, 0.15) is 0 Å². The van der Waals surface area contributed by atoms with E-state index in [9.17, 15) is 14.4 Å². The van der Waals surface area contributed by atoms with Crippen molar-refractivity contribution in [3.8, 4) is 0 Å². The van der Waals surface area contributed by atoms with Gasteiger partial charge in [-0.05, 0) is 0 Å². The fourth-order valence-corrected chi connectivity index (χ4v) is 0.195. The Morgan fingerprint density at radius 1 is 0.857 bits per heavy atom. The molecular weight excluding hydrogens is 139 g/mol. The van der Waals surface area contributed by atoms with Crippen LogP contribution in [0, 0.1) is 0 Å². The molecule has 4 heteroatoms. The summed E-state index contributed by atoms with van der Waals surface area (Å²) < 4.78 is 0. The van der Waals surface area contributed by atoms with Crippen molar-refractivity contribution in [2.45, 2.75) is 0 Å². The number of rotatable bonds is 0. The molecule has 0 heterocycles. The molecule has 3 nitrogen and oxygen atoms in total. The summed E-state index contributed by atoms with van der Waals surface area (Å²) in [5.41, 5.74) is 0. The molecule has 0 bridgehead atoms. The summed E-state index contributed by atoms with van der Waals surface area (Å²) >= 11 is -2.30. The van der Waals surface area contributed by atoms with Gasteiger partial charge in [-0.25, -0.2) is 0 Å². The van der Waals surface area contributed by atoms with Crippen LogP contribution in [0.5, 0.6) is 0 Å². The van der Waals surface area contributed by atoms with Crippen molar-refractivity contribution in [2.75, 3.05) is 0 Å². The Bertz CT molecular complexity index is 209. The van der Waals surface area contributed by atoms with Crippen LogP contribution in [0.15, 0.2) is 0 Å². The molecule has 0 saturated carbocycles. The maximum atomic E-state index is 9.36. The molecule has 34 valence electrons. The van der Waals surface area contributed by atoms with Crippen molar-refractivity contribution in [2.24, 2.45) is 0 Å². The fraction of sp³-hybridized carbons (Fsp3) is 0. The Kier molecular flexibility index (Phi) is 3.08. The van der Waals surface area contributed by atoms with Crippen LogP contribution in [0.4, 0.5) is 0 Å². The van der Waals surface area contributed by atoms with E-state index < -0.39 is 12.6 Å². The van der Waals surface area contributed by atoms with Gasteiger partial charge in [0.05, 0.1) is 0 Å². The zero-order valence-corrected chi connectivity index (χ0v) is 4.28. The van der Waals surface area contributed by atoms with Gasteiger partial charge in [-0.2, -0.15) is 0 Å². The molecule has 0 amide bonds. The summed E-state index contributed by atoms with van der Waals surface area (Å²) in [6.07, 6.45) is 0. The molecule has 0 rings (SSSR count). The molecule has 0 saturated heterocycles. The number of hydrogen-bond acceptors (Lipinski definition) is 3. The average molecular weight is 139 g/mol. The summed E-state index contributed by atoms with van der Waals surface area (Å²) in [4.78, 5) is 31.7. The Balaban J connectivity index is 5.98. The van der Waals surface area contributed by atoms with Crippen LogP contribution in [0.1, 0.15) is 0 Å². The molecule has 0 spiro atoms. The van der Waals surface area contributed by atoms with E-state index in [-0.39, 0.29) is 0 Å². The van der Waals surface area contributed by atoms with Gasteiger partial charge in [0, 0.05) is 0 Å². The van der Waals surface area contributed by atoms with Gasteiger partial charge in [0.2, 0.25) is 0 Å². The molecule has 0 N–H and O–H groups in total. The van der Waals surface area contributed by atoms with Crippen LogP contribution in [0.3, 0.4) is 0 Å². The standard InChI is InChI=1S/3CO.Mn/c3*1-2;/q;;;+3. The van der Waals surface area contributed by atoms with Crippen molar-refractivity contribution in [1.29, 1.82) is 0 Å². The van der Waals surface area contributed by atoms with E-state index in [1.807, 2.05) is 0 Å². The van der Waals surface area contributed by atoms with Gasteiger partial charge in [-0.15, -0.1) is 0 Å². The van der Waals surface area contributed by atoms with Gasteiger partial charge >= 0.3 is 41.3 Å². The molecule has 0 aromatic heterocycles. The third-order valence-corrected chi connectivity index (χ3v) is 0.954. The molecule has 0 atom stereocenters. The van der Waals surface area contributed by atoms with Crippen molar-refractivity contribution in [3.05, 3.63) is 0 Å². The van der Waals surface area contributed by atoms with E-state index >= 15 is 0 Å². The van der Waals surface area contributed by atoms with Crippen LogP contribution in [0.2, 0.25) is 0 Å². The van der Waals surface area contributed by atoms with E-state index in [0.717, 1.165) is 0 Å². The first-order chi connectivity index (χ1) is 3.35. The second kappa shape index (κ2) is 3.45. The maximum absolute atomic E-state index is 9.36. The van der Waals surface area contributed by atoms with Gasteiger partial charge in [-0.3, -0.25) is 0 Å². The first-order valence-corrected chi connectivity index (χ1v) is 2.95. The quantitative estimate of drug-likeness (QED) is 0.396. The first-order valence-electron chi connectivity index (χ1n) is 1.18. The first kappa shape index (κ1) is 6.26. The fourth-order valence-electron chi connectivity index (χ4n) is 0.0472. The average Bonchev–Trinajstić information content (AvgIpc) is 1.72. The molecule has 0 unspecified atom stereocenters. The Morgan fingerprint density at radius 2 is 1.14 bits per heavy atom. The monoisotopic (exact) mass is 139 g/mol. The minimum absolute atomic E-state index is 1.21. The Morgan fingerprint density at radius 3 is 1.14 bits per heavy atom. The molecule has 0 radical (unpaired) electrons. The van der Waals surface area contributed by atoms with Crippen molar-refractivity contribution in [1.82, 2.24) is 0 Å². The van der Waals surface area contributed by atoms with Crippen molar-refractivity contribution < 1.29 is 27.0 Å². The second-order valence-electron chi connectivity index (χ2n) is 0.515. The zero-order chi connectivity index (χ0) is 5.70. The molecule has 0 aliphatic carbocycles. The van der Waals surface area contributed by atoms with Crippen molar-refractivity contribution in [3.63, 3.8) is 0 Å². The summed E-state index contributed by atoms with van der Waals surface area (Å²) in [7, 11) is 0. The second-order valence-corrected chi connectivity index (χ2v) is 2.12. The minimum atomic E-state index is -2.30. The third kappa shape index (κ3) is 2.02. The van der Waals surface area contributed by atoms with Gasteiger partial charge in [0.25, 0.3) is 0 Å². The Hall–Kier alpha value is -0.741. The van der Waals surface area contributed by atoms with Crippen LogP contribution < -0.4 is 0 Å². The molecule has 0 aliphatic heterocycles. The van der Waals surface area contributed by atoms with Gasteiger partial charge in [0.15, 0.2) is 0 Å². The van der Waals surface area contributed by atoms with Crippen LogP contribution in [0.25, 0.3) is 0 Å². The van der Waals surface area contributed by atoms with E-state index in [1.165, 1.54) is 14.4 Å². The predicted molar refractivity (Wildman–Crippen MR) is 17.1 cm³/mol. The van der Waals surface area contributed by atoms with E-state index in [1.54, 1.807) is 0 Å². The summed E-state index contributed by atoms with van der Waals surface area (Å²) in [6, 6.07) is 0. The van der Waals surface area contributed by atoms with Crippen LogP contribution >= 0.6 is 0 Å². The van der Waals surface area contributed by atoms with E-state index in [2.05, 4.69) is 0 Å². The van der Waals surface area contributed by atoms with Crippen LogP contribution in [-0.4, -0.2) is 14.4 Å². The van der Waals surface area contributed by atoms with Gasteiger partial charge < -0.3 is 0 Å². The van der Waals surface area contributed by atoms with E-state index in [0.29, 0.717) is 0 Å². The molecule has 0 aliphatic rings. The van der Waals surface area contributed by atoms with Crippen LogP contribution in [-0.2, 0) is 27.0 Å². The number of hydrogen-bond donors (Lipinski definition) is 0. The molecule has 0 aromatic rings. The van der Waals surface area contributed by atoms with E-state index in [4.69, 9.17) is 0 Å². The normalized spacial score (nSPS) is 3.86. The van der Waals surface area contributed by atoms with Gasteiger partial charge in [-0.1, -0.05) is 0 Å². The molecule has 0 fully saturated rings. The SMILES string of the molecule is O=[C]=[Mn+3](=[C]=O)=[C]=O.